The molecule has 0 aliphatic carbocycles. The smallest absolute Gasteiger partial charge is 0.407 e. The summed E-state index contributed by atoms with van der Waals surface area (Å²) in [6, 6.07) is 71.4. The highest BCUT2D eigenvalue weighted by Crippen LogP contribution is 2.48. The minimum atomic E-state index is -2.41. The lowest BCUT2D eigenvalue weighted by Crippen LogP contribution is -2.49. The number of nitrogens with two attached hydrogens (primary N) is 1. The number of rotatable bonds is 35. The molecule has 26 heteroatoms. The molecule has 5 aliphatic heterocycles. The van der Waals surface area contributed by atoms with Crippen molar-refractivity contribution in [3.63, 3.8) is 0 Å². The van der Waals surface area contributed by atoms with E-state index in [1.54, 1.807) is 26.7 Å². The number of hydrogen-bond donors (Lipinski definition) is 5. The lowest BCUT2D eigenvalue weighted by molar-refractivity contribution is -0.0909. The van der Waals surface area contributed by atoms with Crippen molar-refractivity contribution in [1.29, 1.82) is 0 Å². The molecule has 0 radical (unpaired) electrons. The van der Waals surface area contributed by atoms with Crippen molar-refractivity contribution in [3.8, 4) is 0 Å². The number of alkyl carbamates (subject to hydrolysis) is 2. The Morgan fingerprint density at radius 1 is 0.409 bits per heavy atom. The topological polar surface area (TPSA) is 290 Å². The average molecular weight is 1830 g/mol. The fourth-order valence-electron chi connectivity index (χ4n) is 14.7. The van der Waals surface area contributed by atoms with Crippen LogP contribution in [0.4, 0.5) is 9.59 Å². The van der Waals surface area contributed by atoms with Gasteiger partial charge in [0.2, 0.25) is 29.5 Å². The summed E-state index contributed by atoms with van der Waals surface area (Å²) in [6.45, 7) is 37.9. The molecule has 5 fully saturated rings. The minimum Gasteiger partial charge on any atom is -0.443 e. The maximum absolute atomic E-state index is 12.7. The Hall–Kier alpha value is -7.26. The van der Waals surface area contributed by atoms with Gasteiger partial charge in [0, 0.05) is 70.9 Å². The van der Waals surface area contributed by atoms with Gasteiger partial charge in [-0.2, -0.15) is 0 Å². The van der Waals surface area contributed by atoms with E-state index in [1.807, 2.05) is 182 Å². The van der Waals surface area contributed by atoms with E-state index in [-0.39, 0.29) is 56.2 Å². The van der Waals surface area contributed by atoms with Crippen molar-refractivity contribution in [1.82, 2.24) is 16.0 Å². The van der Waals surface area contributed by atoms with Crippen molar-refractivity contribution >= 4 is 41.7 Å². The van der Waals surface area contributed by atoms with E-state index >= 15 is 0 Å². The Kier molecular flexibility index (Phi) is 48.2. The summed E-state index contributed by atoms with van der Waals surface area (Å²) in [5.74, 6) is 1.89. The number of benzene rings is 8. The first-order valence-corrected chi connectivity index (χ1v) is 53.3. The molecule has 0 bridgehead atoms. The van der Waals surface area contributed by atoms with Gasteiger partial charge in [0.1, 0.15) is 18.3 Å². The second-order valence-electron chi connectivity index (χ2n) is 35.3. The molecule has 700 valence electrons. The molecule has 0 aromatic heterocycles. The SMILES string of the molecule is C.CC(C)CP(C)(=O)OCc1ccccc1.CC(C)CP(C)(=O)OCc1ccccc1.CC(C)CP(C)(=O)OCc1ccccc1.CC(C)CP(C)(=O)OCc1ccccc1.Cc1ccc(CN)cc1C.Cc1ccc(CNCC(O)C(Cc2ccccc2)NC(=O)OC2COC3OCCC23)cc1C.O=C(NC(Cc1ccccc1)C1CO1)OC1COC2OCCC12. The lowest BCUT2D eigenvalue weighted by atomic mass is 10.0. The van der Waals surface area contributed by atoms with Crippen LogP contribution < -0.4 is 21.7 Å². The third-order valence-corrected chi connectivity index (χ3v) is 29.5. The van der Waals surface area contributed by atoms with E-state index in [0.29, 0.717) is 134 Å². The molecule has 5 heterocycles. The molecule has 0 spiro atoms. The largest absolute Gasteiger partial charge is 0.443 e. The molecule has 5 saturated heterocycles. The maximum Gasteiger partial charge on any atom is 0.407 e. The standard InChI is InChI=1S/C26H34N2O5.C17H21NO5.4C12H19O2P.C9H13N.CH4/c1-17-8-9-20(12-18(17)2)14-27-15-23(29)22(13-19-6-4-3-5-7-19)28-26(30)33-24-16-32-25-21(24)10-11-31-25;19-17(23-14-9-22-16-12(14)6-7-20-16)18-13(15-10-21-15)8-11-4-2-1-3-5-11;4*1-11(2)10-15(3,13)14-9-12-7-5-4-6-8-12;1-7-3-4-9(6-10)5-8(7)2;/h3-9,12,21-25,27,29H,10-11,13-16H2,1-2H3,(H,28,30);1-5,12-16H,6-10H2,(H,18,19);4*4-8,11H,9-10H2,1-3H3;3-5H,6,10H2,1-2H3;1H4. The van der Waals surface area contributed by atoms with Crippen molar-refractivity contribution in [3.05, 3.63) is 285 Å². The fourth-order valence-corrected chi connectivity index (χ4v) is 22.1. The van der Waals surface area contributed by atoms with Crippen LogP contribution in [0.2, 0.25) is 0 Å². The molecule has 14 atom stereocenters. The van der Waals surface area contributed by atoms with Gasteiger partial charge < -0.3 is 78.0 Å². The van der Waals surface area contributed by atoms with Crippen molar-refractivity contribution < 1.29 is 84.2 Å². The van der Waals surface area contributed by atoms with Crippen molar-refractivity contribution in [2.24, 2.45) is 41.2 Å². The van der Waals surface area contributed by atoms with Gasteiger partial charge >= 0.3 is 12.2 Å². The number of aryl methyl sites for hydroxylation is 4. The highest BCUT2D eigenvalue weighted by atomic mass is 31.2. The molecule has 0 saturated carbocycles. The number of carbonyl (C=O) groups excluding carboxylic acids is 2. The molecular formula is C101H148N4O18P4. The minimum absolute atomic E-state index is 0. The lowest BCUT2D eigenvalue weighted by Gasteiger charge is -2.26. The summed E-state index contributed by atoms with van der Waals surface area (Å²) in [4.78, 5) is 24.9. The van der Waals surface area contributed by atoms with Gasteiger partial charge in [0.15, 0.2) is 12.6 Å². The number of carbonyl (C=O) groups is 2. The third-order valence-electron chi connectivity index (χ3n) is 21.2. The Labute approximate surface area is 759 Å². The summed E-state index contributed by atoms with van der Waals surface area (Å²) in [5.41, 5.74) is 19.5. The molecule has 2 amide bonds. The maximum atomic E-state index is 12.7. The number of aliphatic hydroxyl groups excluding tert-OH is 1. The van der Waals surface area contributed by atoms with Crippen LogP contribution in [0, 0.1) is 63.2 Å². The van der Waals surface area contributed by atoms with Crippen LogP contribution in [0.5, 0.6) is 0 Å². The van der Waals surface area contributed by atoms with Crippen molar-refractivity contribution in [2.75, 3.05) is 90.9 Å². The predicted molar refractivity (Wildman–Crippen MR) is 514 cm³/mol. The first kappa shape index (κ1) is 108. The number of epoxide rings is 1. The molecule has 127 heavy (non-hydrogen) atoms. The second-order valence-corrected chi connectivity index (χ2v) is 45.9. The zero-order valence-electron chi connectivity index (χ0n) is 77.3. The quantitative estimate of drug-likeness (QED) is 0.0182. The number of aliphatic hydroxyl groups is 1. The number of hydrogen-bond acceptors (Lipinski definition) is 20. The Morgan fingerprint density at radius 3 is 1.05 bits per heavy atom. The molecule has 13 rings (SSSR count). The van der Waals surface area contributed by atoms with Crippen LogP contribution in [0.1, 0.15) is 142 Å². The van der Waals surface area contributed by atoms with Gasteiger partial charge in [-0.1, -0.05) is 281 Å². The van der Waals surface area contributed by atoms with Crippen LogP contribution in [-0.4, -0.2) is 157 Å². The fraction of sp³-hybridized carbons (Fsp3) is 0.505. The third kappa shape index (κ3) is 44.0. The van der Waals surface area contributed by atoms with Crippen LogP contribution >= 0.6 is 29.5 Å². The second kappa shape index (κ2) is 56.5. The highest BCUT2D eigenvalue weighted by Gasteiger charge is 2.46. The van der Waals surface area contributed by atoms with Crippen LogP contribution in [0.25, 0.3) is 0 Å². The number of ether oxygens (including phenoxy) is 7. The number of amides is 2. The van der Waals surface area contributed by atoms with Gasteiger partial charge in [-0.3, -0.25) is 18.3 Å². The first-order chi connectivity index (χ1) is 60.0. The monoisotopic (exact) mass is 1830 g/mol. The van der Waals surface area contributed by atoms with Gasteiger partial charge in [-0.15, -0.1) is 0 Å². The van der Waals surface area contributed by atoms with Crippen molar-refractivity contribution in [2.45, 2.75) is 205 Å². The Bertz CT molecular complexity index is 4340. The van der Waals surface area contributed by atoms with Crippen LogP contribution in [0.3, 0.4) is 0 Å². The number of nitrogens with one attached hydrogen (secondary N) is 3. The highest BCUT2D eigenvalue weighted by molar-refractivity contribution is 7.59. The molecule has 6 N–H and O–H groups in total. The molecule has 22 nitrogen and oxygen atoms in total. The van der Waals surface area contributed by atoms with E-state index in [2.05, 4.69) is 135 Å². The number of fused-ring (bicyclic) bond motifs is 2. The summed E-state index contributed by atoms with van der Waals surface area (Å²) in [7, 11) is -9.66. The summed E-state index contributed by atoms with van der Waals surface area (Å²) >= 11 is 0. The predicted octanol–water partition coefficient (Wildman–Crippen LogP) is 21.8. The molecule has 5 aliphatic rings. The Balaban J connectivity index is 0.000000236. The first-order valence-electron chi connectivity index (χ1n) is 44.3. The summed E-state index contributed by atoms with van der Waals surface area (Å²) < 4.78 is 108. The van der Waals surface area contributed by atoms with E-state index in [4.69, 9.17) is 57.0 Å². The van der Waals surface area contributed by atoms with Gasteiger partial charge in [-0.25, -0.2) is 9.59 Å². The zero-order valence-corrected chi connectivity index (χ0v) is 80.8. The molecule has 14 unspecified atom stereocenters. The van der Waals surface area contributed by atoms with Gasteiger partial charge in [0.05, 0.1) is 89.5 Å². The van der Waals surface area contributed by atoms with Gasteiger partial charge in [-0.05, 0) is 144 Å². The molecular weight excluding hydrogens is 1680 g/mol. The average Bonchev–Trinajstić information content (AvgIpc) is 1.64. The van der Waals surface area contributed by atoms with E-state index < -0.39 is 53.8 Å². The van der Waals surface area contributed by atoms with Gasteiger partial charge in [0.25, 0.3) is 0 Å². The van der Waals surface area contributed by atoms with Crippen LogP contribution in [0.15, 0.2) is 218 Å². The molecule has 8 aromatic rings. The molecule has 8 aromatic carbocycles. The Morgan fingerprint density at radius 2 is 0.724 bits per heavy atom. The zero-order chi connectivity index (χ0) is 91.7. The summed E-state index contributed by atoms with van der Waals surface area (Å²) in [6.07, 6.45) is 2.86. The normalized spacial score (nSPS) is 20.1. The van der Waals surface area contributed by atoms with Crippen LogP contribution in [-0.2, 0) is 122 Å². The van der Waals surface area contributed by atoms with E-state index in [1.165, 1.54) is 33.4 Å². The summed E-state index contributed by atoms with van der Waals surface area (Å²) in [5, 5.41) is 20.1. The van der Waals surface area contributed by atoms with E-state index in [0.717, 1.165) is 52.6 Å². The van der Waals surface area contributed by atoms with E-state index in [9.17, 15) is 33.0 Å².